The van der Waals surface area contributed by atoms with Crippen LogP contribution in [0.15, 0.2) is 35.9 Å². The van der Waals surface area contributed by atoms with Crippen LogP contribution < -0.4 is 19.7 Å². The Morgan fingerprint density at radius 2 is 1.55 bits per heavy atom. The summed E-state index contributed by atoms with van der Waals surface area (Å²) in [6.07, 6.45) is 1.22. The number of hydrogen-bond donors (Lipinski definition) is 1. The third kappa shape index (κ3) is 3.89. The molecule has 1 N–H and O–H groups in total. The van der Waals surface area contributed by atoms with Crippen LogP contribution in [0.4, 0.5) is 10.5 Å². The number of anilines is 1. The lowest BCUT2D eigenvalue weighted by atomic mass is 10.1. The molecule has 0 aromatic heterocycles. The highest BCUT2D eigenvalue weighted by Crippen LogP contribution is 2.39. The van der Waals surface area contributed by atoms with Crippen molar-refractivity contribution in [3.8, 4) is 11.5 Å². The molecule has 1 aliphatic rings. The number of ether oxygens (including phenoxy) is 2. The highest BCUT2D eigenvalue weighted by Gasteiger charge is 2.38. The van der Waals surface area contributed by atoms with Crippen molar-refractivity contribution in [3.05, 3.63) is 56.5 Å². The van der Waals surface area contributed by atoms with Crippen molar-refractivity contribution in [2.75, 3.05) is 19.1 Å². The minimum Gasteiger partial charge on any atom is -0.495 e. The van der Waals surface area contributed by atoms with E-state index in [1.54, 1.807) is 18.2 Å². The van der Waals surface area contributed by atoms with E-state index in [0.717, 1.165) is 4.90 Å². The standard InChI is InChI=1S/C19H13Cl3N2O5/c1-28-15-8-14(16(29-2)7-13(15)22)24-18(26)10(17(25)23-19(24)27)6-9-11(20)4-3-5-12(9)21/h3-8H,1-2H3,(H,23,25,27)/b10-6+. The fourth-order valence-electron chi connectivity index (χ4n) is 2.69. The number of urea groups is 1. The normalized spacial score (nSPS) is 15.6. The molecule has 2 aromatic carbocycles. The SMILES string of the molecule is COc1cc(N2C(=O)NC(=O)/C(=C\c3c(Cl)cccc3Cl)C2=O)c(OC)cc1Cl. The third-order valence-corrected chi connectivity index (χ3v) is 5.04. The number of methoxy groups -OCH3 is 2. The van der Waals surface area contributed by atoms with Gasteiger partial charge < -0.3 is 9.47 Å². The lowest BCUT2D eigenvalue weighted by Gasteiger charge is -2.28. The Morgan fingerprint density at radius 1 is 0.931 bits per heavy atom. The van der Waals surface area contributed by atoms with Gasteiger partial charge in [0, 0.05) is 27.7 Å². The van der Waals surface area contributed by atoms with Gasteiger partial charge in [-0.3, -0.25) is 14.9 Å². The van der Waals surface area contributed by atoms with Crippen molar-refractivity contribution in [2.24, 2.45) is 0 Å². The Hall–Kier alpha value is -2.74. The smallest absolute Gasteiger partial charge is 0.336 e. The molecule has 0 unspecified atom stereocenters. The van der Waals surface area contributed by atoms with Gasteiger partial charge in [-0.15, -0.1) is 0 Å². The molecule has 0 radical (unpaired) electrons. The van der Waals surface area contributed by atoms with Crippen LogP contribution in [-0.2, 0) is 9.59 Å². The van der Waals surface area contributed by atoms with Crippen LogP contribution in [0.5, 0.6) is 11.5 Å². The maximum atomic E-state index is 13.1. The molecule has 2 aromatic rings. The van der Waals surface area contributed by atoms with E-state index in [-0.39, 0.29) is 43.4 Å². The Balaban J connectivity index is 2.15. The average Bonchev–Trinajstić information content (AvgIpc) is 2.67. The number of imide groups is 2. The summed E-state index contributed by atoms with van der Waals surface area (Å²) < 4.78 is 10.4. The number of amides is 4. The van der Waals surface area contributed by atoms with Gasteiger partial charge >= 0.3 is 6.03 Å². The van der Waals surface area contributed by atoms with Crippen molar-refractivity contribution in [1.29, 1.82) is 0 Å². The van der Waals surface area contributed by atoms with E-state index in [4.69, 9.17) is 44.3 Å². The third-order valence-electron chi connectivity index (χ3n) is 4.08. The molecule has 4 amide bonds. The summed E-state index contributed by atoms with van der Waals surface area (Å²) in [4.78, 5) is 38.6. The molecule has 0 aliphatic carbocycles. The number of rotatable bonds is 4. The minimum atomic E-state index is -0.954. The summed E-state index contributed by atoms with van der Waals surface area (Å²) in [5, 5.41) is 2.80. The molecule has 0 saturated carbocycles. The van der Waals surface area contributed by atoms with Crippen molar-refractivity contribution in [1.82, 2.24) is 5.32 Å². The van der Waals surface area contributed by atoms with Gasteiger partial charge in [-0.1, -0.05) is 40.9 Å². The van der Waals surface area contributed by atoms with E-state index in [2.05, 4.69) is 5.32 Å². The number of benzene rings is 2. The molecule has 1 aliphatic heterocycles. The monoisotopic (exact) mass is 454 g/mol. The van der Waals surface area contributed by atoms with Crippen molar-refractivity contribution >= 4 is 64.4 Å². The largest absolute Gasteiger partial charge is 0.495 e. The molecule has 1 saturated heterocycles. The number of carbonyl (C=O) groups is 3. The Kier molecular flexibility index (Phi) is 6.02. The van der Waals surface area contributed by atoms with Crippen molar-refractivity contribution < 1.29 is 23.9 Å². The van der Waals surface area contributed by atoms with Crippen LogP contribution >= 0.6 is 34.8 Å². The summed E-state index contributed by atoms with van der Waals surface area (Å²) in [6, 6.07) is 6.53. The fourth-order valence-corrected chi connectivity index (χ4v) is 3.43. The van der Waals surface area contributed by atoms with E-state index in [1.807, 2.05) is 0 Å². The highest BCUT2D eigenvalue weighted by atomic mass is 35.5. The molecule has 1 heterocycles. The Labute approximate surface area is 180 Å². The van der Waals surface area contributed by atoms with Crippen molar-refractivity contribution in [2.45, 2.75) is 0 Å². The van der Waals surface area contributed by atoms with Gasteiger partial charge in [0.05, 0.1) is 24.9 Å². The summed E-state index contributed by atoms with van der Waals surface area (Å²) in [5.41, 5.74) is -0.0280. The molecule has 0 spiro atoms. The molecule has 10 heteroatoms. The Bertz CT molecular complexity index is 1050. The second-order valence-electron chi connectivity index (χ2n) is 5.75. The zero-order valence-corrected chi connectivity index (χ0v) is 17.4. The predicted octanol–water partition coefficient (Wildman–Crippen LogP) is 4.33. The van der Waals surface area contributed by atoms with Crippen LogP contribution in [-0.4, -0.2) is 32.1 Å². The first-order chi connectivity index (χ1) is 13.8. The molecular formula is C19H13Cl3N2O5. The lowest BCUT2D eigenvalue weighted by molar-refractivity contribution is -0.122. The molecule has 150 valence electrons. The molecule has 0 atom stereocenters. The average molecular weight is 456 g/mol. The van der Waals surface area contributed by atoms with Crippen LogP contribution in [0, 0.1) is 0 Å². The summed E-state index contributed by atoms with van der Waals surface area (Å²) in [7, 11) is 2.73. The number of nitrogens with one attached hydrogen (secondary N) is 1. The van der Waals surface area contributed by atoms with Gasteiger partial charge in [0.2, 0.25) is 0 Å². The predicted molar refractivity (Wildman–Crippen MR) is 110 cm³/mol. The number of barbiturate groups is 1. The van der Waals surface area contributed by atoms with Gasteiger partial charge in [0.25, 0.3) is 11.8 Å². The maximum Gasteiger partial charge on any atom is 0.336 e. The molecule has 7 nitrogen and oxygen atoms in total. The zero-order valence-electron chi connectivity index (χ0n) is 15.1. The van der Waals surface area contributed by atoms with Gasteiger partial charge in [0.1, 0.15) is 17.1 Å². The molecular weight excluding hydrogens is 443 g/mol. The number of halogens is 3. The number of hydrogen-bond acceptors (Lipinski definition) is 5. The number of carbonyl (C=O) groups excluding carboxylic acids is 3. The van der Waals surface area contributed by atoms with E-state index < -0.39 is 17.8 Å². The summed E-state index contributed by atoms with van der Waals surface area (Å²) in [5.74, 6) is -1.44. The van der Waals surface area contributed by atoms with Gasteiger partial charge in [0.15, 0.2) is 0 Å². The van der Waals surface area contributed by atoms with Crippen molar-refractivity contribution in [3.63, 3.8) is 0 Å². The molecule has 29 heavy (non-hydrogen) atoms. The second kappa shape index (κ2) is 8.32. The Morgan fingerprint density at radius 3 is 2.14 bits per heavy atom. The van der Waals surface area contributed by atoms with Crippen LogP contribution in [0.1, 0.15) is 5.56 Å². The number of nitrogens with zero attached hydrogens (tertiary/aromatic N) is 1. The van der Waals surface area contributed by atoms with E-state index in [0.29, 0.717) is 0 Å². The fraction of sp³-hybridized carbons (Fsp3) is 0.105. The second-order valence-corrected chi connectivity index (χ2v) is 6.97. The quantitative estimate of drug-likeness (QED) is 0.548. The molecule has 1 fully saturated rings. The van der Waals surface area contributed by atoms with Gasteiger partial charge in [-0.25, -0.2) is 9.69 Å². The van der Waals surface area contributed by atoms with Crippen LogP contribution in [0.25, 0.3) is 6.08 Å². The molecule has 3 rings (SSSR count). The molecule has 0 bridgehead atoms. The first kappa shape index (κ1) is 21.0. The van der Waals surface area contributed by atoms with E-state index in [1.165, 1.54) is 32.4 Å². The van der Waals surface area contributed by atoms with E-state index in [9.17, 15) is 14.4 Å². The zero-order chi connectivity index (χ0) is 21.3. The maximum absolute atomic E-state index is 13.1. The van der Waals surface area contributed by atoms with E-state index >= 15 is 0 Å². The van der Waals surface area contributed by atoms with Crippen LogP contribution in [0.2, 0.25) is 15.1 Å². The first-order valence-electron chi connectivity index (χ1n) is 8.05. The highest BCUT2D eigenvalue weighted by molar-refractivity contribution is 6.42. The minimum absolute atomic E-state index is 0.0416. The van der Waals surface area contributed by atoms with Gasteiger partial charge in [-0.2, -0.15) is 0 Å². The topological polar surface area (TPSA) is 84.9 Å². The van der Waals surface area contributed by atoms with Crippen LogP contribution in [0.3, 0.4) is 0 Å². The lowest BCUT2D eigenvalue weighted by Crippen LogP contribution is -2.54. The summed E-state index contributed by atoms with van der Waals surface area (Å²) in [6.45, 7) is 0. The first-order valence-corrected chi connectivity index (χ1v) is 9.18. The summed E-state index contributed by atoms with van der Waals surface area (Å²) >= 11 is 18.3. The van der Waals surface area contributed by atoms with Gasteiger partial charge in [-0.05, 0) is 18.2 Å².